The minimum atomic E-state index is -4.90. The van der Waals surface area contributed by atoms with Crippen molar-refractivity contribution < 1.29 is 25.9 Å². The van der Waals surface area contributed by atoms with Gasteiger partial charge in [-0.25, -0.2) is 0 Å². The minimum Gasteiger partial charge on any atom is -0.344 e. The van der Waals surface area contributed by atoms with Crippen LogP contribution >= 0.6 is 0 Å². The molecule has 0 aliphatic heterocycles. The van der Waals surface area contributed by atoms with Gasteiger partial charge in [-0.3, -0.25) is 9.11 Å². The van der Waals surface area contributed by atoms with Crippen molar-refractivity contribution in [3.05, 3.63) is 48.0 Å². The highest BCUT2D eigenvalue weighted by atomic mass is 32.2. The first-order valence-electron chi connectivity index (χ1n) is 11.3. The molecule has 0 saturated heterocycles. The average molecular weight is 500 g/mol. The number of aryl methyl sites for hydroxylation is 1. The van der Waals surface area contributed by atoms with Crippen LogP contribution in [0.2, 0.25) is 0 Å². The summed E-state index contributed by atoms with van der Waals surface area (Å²) in [5.74, 6) is 0. The van der Waals surface area contributed by atoms with Crippen LogP contribution in [0.1, 0.15) is 76.7 Å². The molecule has 2 rings (SSSR count). The summed E-state index contributed by atoms with van der Waals surface area (Å²) in [6.45, 7) is 2.22. The lowest BCUT2D eigenvalue weighted by Crippen LogP contribution is -2.10. The first kappa shape index (κ1) is 29.3. The molecule has 0 bridgehead atoms. The maximum atomic E-state index is 12.0. The van der Waals surface area contributed by atoms with Gasteiger partial charge in [-0.05, 0) is 30.0 Å². The van der Waals surface area contributed by atoms with E-state index in [4.69, 9.17) is 0 Å². The molecule has 0 aliphatic carbocycles. The Hall–Kier alpha value is -1.78. The van der Waals surface area contributed by atoms with Crippen LogP contribution in [0, 0.1) is 0 Å². The quantitative estimate of drug-likeness (QED) is 0.199. The molecule has 0 aliphatic rings. The van der Waals surface area contributed by atoms with Gasteiger partial charge < -0.3 is 6.15 Å². The zero-order valence-electron chi connectivity index (χ0n) is 19.4. The fourth-order valence-electron chi connectivity index (χ4n) is 4.00. The number of benzene rings is 2. The molecule has 5 N–H and O–H groups in total. The Labute approximate surface area is 198 Å². The summed E-state index contributed by atoms with van der Waals surface area (Å²) in [4.78, 5) is -1.62. The van der Waals surface area contributed by atoms with Gasteiger partial charge in [0.2, 0.25) is 0 Å². The van der Waals surface area contributed by atoms with Gasteiger partial charge in [0.1, 0.15) is 9.79 Å². The number of unbranched alkanes of at least 4 members (excludes halogenated alkanes) is 9. The molecule has 186 valence electrons. The Balaban J connectivity index is 0.00000544. The molecule has 0 fully saturated rings. The third-order valence-corrected chi connectivity index (χ3v) is 7.60. The molecule has 0 aromatic heterocycles. The van der Waals surface area contributed by atoms with Crippen LogP contribution in [0.4, 0.5) is 0 Å². The Morgan fingerprint density at radius 3 is 1.70 bits per heavy atom. The largest absolute Gasteiger partial charge is 0.344 e. The predicted molar refractivity (Wildman–Crippen MR) is 132 cm³/mol. The molecular formula is C24H37NO6S2. The highest BCUT2D eigenvalue weighted by molar-refractivity contribution is 7.89. The van der Waals surface area contributed by atoms with Gasteiger partial charge in [-0.2, -0.15) is 16.8 Å². The fourth-order valence-corrected chi connectivity index (χ4v) is 6.01. The predicted octanol–water partition coefficient (Wildman–Crippen LogP) is 6.47. The van der Waals surface area contributed by atoms with Crippen LogP contribution in [0.25, 0.3) is 11.1 Å². The third kappa shape index (κ3) is 9.17. The van der Waals surface area contributed by atoms with E-state index in [1.165, 1.54) is 57.1 Å². The standard InChI is InChI=1S/C24H34O6S2.H3N/c1-2-3-4-5-6-7-8-9-10-11-15-20-16-12-13-17-21(20)22-18-14-19-23(31(25,26)27)24(22)32(28,29)30;/h12-14,16-19H,2-11,15H2,1H3,(H,25,26,27)(H,28,29,30);1H3. The molecule has 0 spiro atoms. The second-order valence-electron chi connectivity index (χ2n) is 8.17. The highest BCUT2D eigenvalue weighted by Gasteiger charge is 2.28. The van der Waals surface area contributed by atoms with E-state index >= 15 is 0 Å². The zero-order valence-corrected chi connectivity index (χ0v) is 21.0. The molecule has 0 heterocycles. The molecule has 0 unspecified atom stereocenters. The Kier molecular flexibility index (Phi) is 12.2. The van der Waals surface area contributed by atoms with E-state index in [1.807, 2.05) is 12.1 Å². The van der Waals surface area contributed by atoms with Crippen LogP contribution in [-0.4, -0.2) is 25.9 Å². The second-order valence-corrected chi connectivity index (χ2v) is 10.9. The summed E-state index contributed by atoms with van der Waals surface area (Å²) >= 11 is 0. The van der Waals surface area contributed by atoms with Gasteiger partial charge in [0.05, 0.1) is 0 Å². The molecule has 9 heteroatoms. The molecule has 0 atom stereocenters. The Bertz CT molecular complexity index is 1080. The smallest absolute Gasteiger partial charge is 0.296 e. The van der Waals surface area contributed by atoms with Crippen LogP contribution < -0.4 is 6.15 Å². The fraction of sp³-hybridized carbons (Fsp3) is 0.500. The maximum Gasteiger partial charge on any atom is 0.296 e. The van der Waals surface area contributed by atoms with Crippen LogP contribution in [0.3, 0.4) is 0 Å². The summed E-state index contributed by atoms with van der Waals surface area (Å²) in [7, 11) is -9.73. The SMILES string of the molecule is CCCCCCCCCCCCc1ccccc1-c1cccc(S(=O)(=O)O)c1S(=O)(=O)O.N. The van der Waals surface area contributed by atoms with E-state index in [0.717, 1.165) is 30.9 Å². The monoisotopic (exact) mass is 499 g/mol. The normalized spacial score (nSPS) is 11.8. The van der Waals surface area contributed by atoms with Gasteiger partial charge >= 0.3 is 0 Å². The molecular weight excluding hydrogens is 462 g/mol. The van der Waals surface area contributed by atoms with E-state index in [-0.39, 0.29) is 11.7 Å². The van der Waals surface area contributed by atoms with E-state index < -0.39 is 30.0 Å². The molecule has 2 aromatic carbocycles. The molecule has 7 nitrogen and oxygen atoms in total. The lowest BCUT2D eigenvalue weighted by molar-refractivity contribution is 0.467. The molecule has 0 radical (unpaired) electrons. The number of hydrogen-bond donors (Lipinski definition) is 3. The second kappa shape index (κ2) is 13.8. The molecule has 2 aromatic rings. The van der Waals surface area contributed by atoms with Crippen LogP contribution in [0.5, 0.6) is 0 Å². The minimum absolute atomic E-state index is 0. The van der Waals surface area contributed by atoms with Gasteiger partial charge in [-0.15, -0.1) is 0 Å². The maximum absolute atomic E-state index is 12.0. The Morgan fingerprint density at radius 2 is 1.15 bits per heavy atom. The highest BCUT2D eigenvalue weighted by Crippen LogP contribution is 2.35. The third-order valence-electron chi connectivity index (χ3n) is 5.62. The van der Waals surface area contributed by atoms with Gasteiger partial charge in [0.15, 0.2) is 0 Å². The average Bonchev–Trinajstić information content (AvgIpc) is 2.73. The molecule has 0 amide bonds. The summed E-state index contributed by atoms with van der Waals surface area (Å²) in [5, 5.41) is 0. The van der Waals surface area contributed by atoms with Crippen molar-refractivity contribution in [2.24, 2.45) is 0 Å². The van der Waals surface area contributed by atoms with E-state index in [9.17, 15) is 25.9 Å². The van der Waals surface area contributed by atoms with Crippen molar-refractivity contribution in [1.29, 1.82) is 0 Å². The first-order valence-corrected chi connectivity index (χ1v) is 14.2. The van der Waals surface area contributed by atoms with Crippen molar-refractivity contribution in [3.8, 4) is 11.1 Å². The molecule has 0 saturated carbocycles. The summed E-state index contributed by atoms with van der Waals surface area (Å²) in [5.41, 5.74) is 1.45. The summed E-state index contributed by atoms with van der Waals surface area (Å²) in [6.07, 6.45) is 12.8. The first-order chi connectivity index (χ1) is 15.2. The van der Waals surface area contributed by atoms with Crippen molar-refractivity contribution in [2.75, 3.05) is 0 Å². The number of hydrogen-bond acceptors (Lipinski definition) is 5. The van der Waals surface area contributed by atoms with Gasteiger partial charge in [0.25, 0.3) is 20.2 Å². The lowest BCUT2D eigenvalue weighted by Gasteiger charge is -2.14. The summed E-state index contributed by atoms with van der Waals surface area (Å²) in [6, 6.07) is 10.9. The van der Waals surface area contributed by atoms with Crippen molar-refractivity contribution in [2.45, 2.75) is 87.3 Å². The van der Waals surface area contributed by atoms with Gasteiger partial charge in [0, 0.05) is 5.56 Å². The Morgan fingerprint density at radius 1 is 0.636 bits per heavy atom. The van der Waals surface area contributed by atoms with Crippen molar-refractivity contribution in [1.82, 2.24) is 6.15 Å². The van der Waals surface area contributed by atoms with Crippen LogP contribution in [0.15, 0.2) is 52.3 Å². The van der Waals surface area contributed by atoms with Crippen molar-refractivity contribution in [3.63, 3.8) is 0 Å². The summed E-state index contributed by atoms with van der Waals surface area (Å²) < 4.78 is 66.7. The van der Waals surface area contributed by atoms with Crippen molar-refractivity contribution >= 4 is 20.2 Å². The van der Waals surface area contributed by atoms with E-state index in [1.54, 1.807) is 12.1 Å². The lowest BCUT2D eigenvalue weighted by atomic mass is 9.95. The van der Waals surface area contributed by atoms with Gasteiger partial charge in [-0.1, -0.05) is 101 Å². The molecule has 33 heavy (non-hydrogen) atoms. The van der Waals surface area contributed by atoms with Crippen LogP contribution in [-0.2, 0) is 26.7 Å². The van der Waals surface area contributed by atoms with E-state index in [2.05, 4.69) is 6.92 Å². The number of rotatable bonds is 14. The van der Waals surface area contributed by atoms with E-state index in [0.29, 0.717) is 12.0 Å². The zero-order chi connectivity index (χ0) is 23.6. The topological polar surface area (TPSA) is 144 Å².